The Morgan fingerprint density at radius 3 is 2.45 bits per heavy atom. The number of anilines is 1. The van der Waals surface area contributed by atoms with Gasteiger partial charge in [-0.3, -0.25) is 4.79 Å². The highest BCUT2D eigenvalue weighted by Crippen LogP contribution is 2.36. The Labute approximate surface area is 206 Å². The van der Waals surface area contributed by atoms with Gasteiger partial charge in [0.1, 0.15) is 16.3 Å². The van der Waals surface area contributed by atoms with Crippen LogP contribution in [0.15, 0.2) is 64.5 Å². The minimum Gasteiger partial charge on any atom is -0.494 e. The number of esters is 1. The largest absolute Gasteiger partial charge is 0.494 e. The molecule has 0 radical (unpaired) electrons. The van der Waals surface area contributed by atoms with E-state index in [9.17, 15) is 9.59 Å². The molecule has 1 N–H and O–H groups in total. The van der Waals surface area contributed by atoms with Crippen LogP contribution in [0.25, 0.3) is 17.2 Å². The lowest BCUT2D eigenvalue weighted by molar-refractivity contribution is -0.111. The predicted octanol–water partition coefficient (Wildman–Crippen LogP) is 7.19. The van der Waals surface area contributed by atoms with Crippen molar-refractivity contribution in [2.75, 3.05) is 18.5 Å². The lowest BCUT2D eigenvalue weighted by atomic mass is 10.0. The van der Waals surface area contributed by atoms with E-state index in [-0.39, 0.29) is 12.5 Å². The summed E-state index contributed by atoms with van der Waals surface area (Å²) >= 11 is 4.72. The smallest absolute Gasteiger partial charge is 0.341 e. The quantitative estimate of drug-likeness (QED) is 0.172. The van der Waals surface area contributed by atoms with Gasteiger partial charge in [0.15, 0.2) is 0 Å². The van der Waals surface area contributed by atoms with Gasteiger partial charge < -0.3 is 14.8 Å². The molecule has 0 atom stereocenters. The van der Waals surface area contributed by atoms with Crippen LogP contribution < -0.4 is 10.1 Å². The standard InChI is InChI=1S/C26H26BrNO4S/c1-3-5-16-32-21-13-6-18(7-14-21)8-15-23(29)28-25-24(26(30)31-4-2)22(17-33-25)19-9-11-20(27)12-10-19/h6-15,17H,3-5,16H2,1-2H3,(H,28,29)/b15-8+. The minimum atomic E-state index is -0.463. The van der Waals surface area contributed by atoms with Gasteiger partial charge in [0, 0.05) is 21.5 Å². The van der Waals surface area contributed by atoms with E-state index >= 15 is 0 Å². The molecule has 0 aliphatic heterocycles. The van der Waals surface area contributed by atoms with Crippen LogP contribution in [0.5, 0.6) is 5.75 Å². The highest BCUT2D eigenvalue weighted by molar-refractivity contribution is 9.10. The van der Waals surface area contributed by atoms with Gasteiger partial charge in [-0.15, -0.1) is 11.3 Å². The first kappa shape index (κ1) is 24.7. The van der Waals surface area contributed by atoms with Crippen molar-refractivity contribution < 1.29 is 19.1 Å². The van der Waals surface area contributed by atoms with E-state index in [4.69, 9.17) is 9.47 Å². The summed E-state index contributed by atoms with van der Waals surface area (Å²) in [6.07, 6.45) is 5.27. The van der Waals surface area contributed by atoms with Crippen molar-refractivity contribution in [3.63, 3.8) is 0 Å². The zero-order chi connectivity index (χ0) is 23.6. The summed E-state index contributed by atoms with van der Waals surface area (Å²) in [7, 11) is 0. The number of thiophene rings is 1. The summed E-state index contributed by atoms with van der Waals surface area (Å²) in [6.45, 7) is 4.82. The topological polar surface area (TPSA) is 64.6 Å². The summed E-state index contributed by atoms with van der Waals surface area (Å²) in [4.78, 5) is 25.2. The predicted molar refractivity (Wildman–Crippen MR) is 138 cm³/mol. The Bertz CT molecular complexity index is 1100. The van der Waals surface area contributed by atoms with E-state index in [1.165, 1.54) is 17.4 Å². The van der Waals surface area contributed by atoms with Crippen LogP contribution >= 0.6 is 27.3 Å². The number of amides is 1. The molecule has 5 nitrogen and oxygen atoms in total. The van der Waals surface area contributed by atoms with Gasteiger partial charge in [-0.25, -0.2) is 4.79 Å². The summed E-state index contributed by atoms with van der Waals surface area (Å²) in [6, 6.07) is 15.2. The number of ether oxygens (including phenoxy) is 2. The molecule has 0 saturated heterocycles. The van der Waals surface area contributed by atoms with Crippen LogP contribution in [0.3, 0.4) is 0 Å². The summed E-state index contributed by atoms with van der Waals surface area (Å²) in [5.41, 5.74) is 2.83. The SMILES string of the molecule is CCCCOc1ccc(/C=C/C(=O)Nc2scc(-c3ccc(Br)cc3)c2C(=O)OCC)cc1. The normalized spacial score (nSPS) is 10.9. The van der Waals surface area contributed by atoms with Crippen molar-refractivity contribution >= 4 is 50.2 Å². The molecule has 3 aromatic rings. The molecule has 172 valence electrons. The fourth-order valence-corrected chi connectivity index (χ4v) is 4.26. The first-order chi connectivity index (χ1) is 16.0. The average Bonchev–Trinajstić information content (AvgIpc) is 3.23. The Hall–Kier alpha value is -2.90. The maximum Gasteiger partial charge on any atom is 0.341 e. The summed E-state index contributed by atoms with van der Waals surface area (Å²) < 4.78 is 11.8. The third-order valence-corrected chi connectivity index (χ3v) is 6.16. The zero-order valence-corrected chi connectivity index (χ0v) is 21.0. The second kappa shape index (κ2) is 12.4. The molecular weight excluding hydrogens is 502 g/mol. The van der Waals surface area contributed by atoms with E-state index < -0.39 is 5.97 Å². The van der Waals surface area contributed by atoms with E-state index in [0.29, 0.717) is 17.2 Å². The van der Waals surface area contributed by atoms with E-state index in [2.05, 4.69) is 28.2 Å². The molecular formula is C26H26BrNO4S. The number of rotatable bonds is 10. The third-order valence-electron chi connectivity index (χ3n) is 4.74. The van der Waals surface area contributed by atoms with Gasteiger partial charge in [-0.1, -0.05) is 53.5 Å². The number of nitrogens with one attached hydrogen (secondary N) is 1. The van der Waals surface area contributed by atoms with Crippen LogP contribution in [0.4, 0.5) is 5.00 Å². The van der Waals surface area contributed by atoms with Crippen molar-refractivity contribution in [3.8, 4) is 16.9 Å². The van der Waals surface area contributed by atoms with E-state index in [1.54, 1.807) is 13.0 Å². The van der Waals surface area contributed by atoms with Crippen LogP contribution in [-0.2, 0) is 9.53 Å². The van der Waals surface area contributed by atoms with Gasteiger partial charge in [-0.05, 0) is 54.8 Å². The maximum atomic E-state index is 12.7. The number of unbranched alkanes of at least 4 members (excludes halogenated alkanes) is 1. The minimum absolute atomic E-state index is 0.250. The molecule has 0 aliphatic carbocycles. The summed E-state index contributed by atoms with van der Waals surface area (Å²) in [5.74, 6) is 0.0193. The molecule has 7 heteroatoms. The summed E-state index contributed by atoms with van der Waals surface area (Å²) in [5, 5.41) is 5.14. The number of carbonyl (C=O) groups excluding carboxylic acids is 2. The number of halogens is 1. The van der Waals surface area contributed by atoms with E-state index in [0.717, 1.165) is 39.8 Å². The van der Waals surface area contributed by atoms with Crippen LogP contribution in [0.1, 0.15) is 42.6 Å². The second-order valence-electron chi connectivity index (χ2n) is 7.17. The van der Waals surface area contributed by atoms with Crippen LogP contribution in [-0.4, -0.2) is 25.1 Å². The number of hydrogen-bond donors (Lipinski definition) is 1. The molecule has 2 aromatic carbocycles. The van der Waals surface area contributed by atoms with Crippen LogP contribution in [0, 0.1) is 0 Å². The van der Waals surface area contributed by atoms with Gasteiger partial charge in [-0.2, -0.15) is 0 Å². The average molecular weight is 528 g/mol. The Morgan fingerprint density at radius 2 is 1.79 bits per heavy atom. The van der Waals surface area contributed by atoms with Gasteiger partial charge in [0.05, 0.1) is 13.2 Å². The van der Waals surface area contributed by atoms with Gasteiger partial charge >= 0.3 is 5.97 Å². The Balaban J connectivity index is 1.73. The Morgan fingerprint density at radius 1 is 1.06 bits per heavy atom. The maximum absolute atomic E-state index is 12.7. The monoisotopic (exact) mass is 527 g/mol. The molecule has 0 saturated carbocycles. The first-order valence-electron chi connectivity index (χ1n) is 10.8. The second-order valence-corrected chi connectivity index (χ2v) is 8.97. The van der Waals surface area contributed by atoms with Crippen LogP contribution in [0.2, 0.25) is 0 Å². The molecule has 0 spiro atoms. The Kier molecular flexibility index (Phi) is 9.27. The molecule has 0 fully saturated rings. The number of hydrogen-bond acceptors (Lipinski definition) is 5. The molecule has 1 amide bonds. The lowest BCUT2D eigenvalue weighted by Crippen LogP contribution is -2.12. The molecule has 1 heterocycles. The molecule has 0 unspecified atom stereocenters. The van der Waals surface area contributed by atoms with E-state index in [1.807, 2.05) is 53.9 Å². The van der Waals surface area contributed by atoms with Crippen molar-refractivity contribution in [3.05, 3.63) is 75.6 Å². The zero-order valence-electron chi connectivity index (χ0n) is 18.6. The number of carbonyl (C=O) groups is 2. The fourth-order valence-electron chi connectivity index (χ4n) is 3.03. The molecule has 0 aliphatic rings. The molecule has 1 aromatic heterocycles. The van der Waals surface area contributed by atoms with Crippen molar-refractivity contribution in [2.45, 2.75) is 26.7 Å². The molecule has 0 bridgehead atoms. The van der Waals surface area contributed by atoms with Crippen molar-refractivity contribution in [2.24, 2.45) is 0 Å². The van der Waals surface area contributed by atoms with Crippen molar-refractivity contribution in [1.82, 2.24) is 0 Å². The third kappa shape index (κ3) is 7.04. The van der Waals surface area contributed by atoms with Gasteiger partial charge in [0.2, 0.25) is 5.91 Å². The highest BCUT2D eigenvalue weighted by Gasteiger charge is 2.22. The van der Waals surface area contributed by atoms with Gasteiger partial charge in [0.25, 0.3) is 0 Å². The van der Waals surface area contributed by atoms with Crippen molar-refractivity contribution in [1.29, 1.82) is 0 Å². The molecule has 3 rings (SSSR count). The lowest BCUT2D eigenvalue weighted by Gasteiger charge is -2.08. The highest BCUT2D eigenvalue weighted by atomic mass is 79.9. The fraction of sp³-hybridized carbons (Fsp3) is 0.231. The first-order valence-corrected chi connectivity index (χ1v) is 12.5. The number of benzene rings is 2. The molecule has 33 heavy (non-hydrogen) atoms.